The smallest absolute Gasteiger partial charge is 0.187 e. The third-order valence-electron chi connectivity index (χ3n) is 2.23. The largest absolute Gasteiger partial charge is 0.326 e. The summed E-state index contributed by atoms with van der Waals surface area (Å²) in [6.07, 6.45) is 0. The van der Waals surface area contributed by atoms with Crippen LogP contribution < -0.4 is 4.90 Å². The Hall–Kier alpha value is -1.13. The van der Waals surface area contributed by atoms with Crippen LogP contribution in [0.2, 0.25) is 5.15 Å². The molecular weight excluding hydrogens is 230 g/mol. The molecule has 0 N–H and O–H groups in total. The number of anilines is 2. The van der Waals surface area contributed by atoms with Gasteiger partial charge in [-0.3, -0.25) is 0 Å². The number of aromatic nitrogens is 2. The molecule has 0 bridgehead atoms. The second-order valence-electron chi connectivity index (χ2n) is 3.22. The fourth-order valence-corrected chi connectivity index (χ4v) is 2.22. The molecular formula is C10H10ClN3S. The molecule has 0 radical (unpaired) electrons. The van der Waals surface area contributed by atoms with Crippen molar-refractivity contribution < 1.29 is 0 Å². The third kappa shape index (κ3) is 1.96. The van der Waals surface area contributed by atoms with Crippen molar-refractivity contribution in [2.24, 2.45) is 0 Å². The first kappa shape index (κ1) is 10.4. The highest BCUT2D eigenvalue weighted by atomic mass is 35.5. The molecule has 1 aromatic carbocycles. The second kappa shape index (κ2) is 4.16. The van der Waals surface area contributed by atoms with E-state index in [9.17, 15) is 0 Å². The molecule has 2 aromatic rings. The van der Waals surface area contributed by atoms with Crippen LogP contribution in [0.5, 0.6) is 0 Å². The van der Waals surface area contributed by atoms with Gasteiger partial charge in [0.25, 0.3) is 0 Å². The lowest BCUT2D eigenvalue weighted by atomic mass is 10.2. The van der Waals surface area contributed by atoms with E-state index in [1.165, 1.54) is 5.56 Å². The van der Waals surface area contributed by atoms with Crippen LogP contribution in [0.4, 0.5) is 11.5 Å². The van der Waals surface area contributed by atoms with Crippen LogP contribution in [0.1, 0.15) is 5.56 Å². The summed E-state index contributed by atoms with van der Waals surface area (Å²) < 4.78 is 8.10. The van der Waals surface area contributed by atoms with Gasteiger partial charge in [-0.15, -0.1) is 0 Å². The Labute approximate surface area is 97.6 Å². The lowest BCUT2D eigenvalue weighted by molar-refractivity contribution is 1.15. The van der Waals surface area contributed by atoms with Gasteiger partial charge in [-0.25, -0.2) is 0 Å². The maximum atomic E-state index is 5.93. The van der Waals surface area contributed by atoms with Gasteiger partial charge in [-0.1, -0.05) is 29.8 Å². The molecule has 0 spiro atoms. The number of hydrogen-bond donors (Lipinski definition) is 0. The van der Waals surface area contributed by atoms with Crippen molar-refractivity contribution in [3.05, 3.63) is 35.0 Å². The summed E-state index contributed by atoms with van der Waals surface area (Å²) in [6.45, 7) is 2.06. The molecule has 2 rings (SSSR count). The number of aryl methyl sites for hydroxylation is 1. The molecule has 0 saturated carbocycles. The van der Waals surface area contributed by atoms with E-state index in [-0.39, 0.29) is 0 Å². The first-order valence-corrected chi connectivity index (χ1v) is 5.58. The molecule has 0 amide bonds. The van der Waals surface area contributed by atoms with E-state index in [4.69, 9.17) is 11.6 Å². The highest BCUT2D eigenvalue weighted by molar-refractivity contribution is 6.99. The maximum absolute atomic E-state index is 5.93. The monoisotopic (exact) mass is 239 g/mol. The van der Waals surface area contributed by atoms with Crippen LogP contribution in [0.25, 0.3) is 0 Å². The van der Waals surface area contributed by atoms with Crippen LogP contribution in [0.3, 0.4) is 0 Å². The van der Waals surface area contributed by atoms with Crippen molar-refractivity contribution in [1.82, 2.24) is 8.75 Å². The van der Waals surface area contributed by atoms with Gasteiger partial charge in [0, 0.05) is 12.7 Å². The zero-order chi connectivity index (χ0) is 10.8. The Kier molecular flexibility index (Phi) is 2.88. The summed E-state index contributed by atoms with van der Waals surface area (Å²) in [5.41, 5.74) is 2.27. The van der Waals surface area contributed by atoms with Crippen LogP contribution in [0, 0.1) is 6.92 Å². The summed E-state index contributed by atoms with van der Waals surface area (Å²) in [5, 5.41) is 0.450. The predicted octanol–water partition coefficient (Wildman–Crippen LogP) is 3.27. The van der Waals surface area contributed by atoms with Gasteiger partial charge in [0.2, 0.25) is 0 Å². The minimum Gasteiger partial charge on any atom is -0.326 e. The molecule has 15 heavy (non-hydrogen) atoms. The van der Waals surface area contributed by atoms with Crippen LogP contribution >= 0.6 is 23.3 Å². The highest BCUT2D eigenvalue weighted by Crippen LogP contribution is 2.30. The Morgan fingerprint density at radius 1 is 1.27 bits per heavy atom. The third-order valence-corrected chi connectivity index (χ3v) is 3.10. The average Bonchev–Trinajstić information content (AvgIpc) is 2.64. The summed E-state index contributed by atoms with van der Waals surface area (Å²) in [4.78, 5) is 1.95. The topological polar surface area (TPSA) is 29.0 Å². The van der Waals surface area contributed by atoms with Gasteiger partial charge in [0.15, 0.2) is 11.0 Å². The van der Waals surface area contributed by atoms with Gasteiger partial charge in [-0.05, 0) is 18.6 Å². The Morgan fingerprint density at radius 2 is 2.00 bits per heavy atom. The lowest BCUT2D eigenvalue weighted by Gasteiger charge is -2.18. The lowest BCUT2D eigenvalue weighted by Crippen LogP contribution is -2.11. The van der Waals surface area contributed by atoms with E-state index in [0.29, 0.717) is 11.0 Å². The molecule has 5 heteroatoms. The van der Waals surface area contributed by atoms with E-state index in [2.05, 4.69) is 21.7 Å². The molecule has 1 heterocycles. The summed E-state index contributed by atoms with van der Waals surface area (Å²) in [5.74, 6) is 0.705. The van der Waals surface area contributed by atoms with Crippen molar-refractivity contribution in [2.75, 3.05) is 11.9 Å². The molecule has 0 aliphatic carbocycles. The molecule has 0 atom stereocenters. The normalized spacial score (nSPS) is 10.3. The molecule has 0 aliphatic rings. The number of benzene rings is 1. The van der Waals surface area contributed by atoms with Gasteiger partial charge in [-0.2, -0.15) is 8.75 Å². The Bertz CT molecular complexity index is 469. The van der Waals surface area contributed by atoms with Crippen molar-refractivity contribution in [2.45, 2.75) is 6.92 Å². The Balaban J connectivity index is 2.41. The van der Waals surface area contributed by atoms with Crippen LogP contribution in [0.15, 0.2) is 24.3 Å². The Morgan fingerprint density at radius 3 is 2.60 bits per heavy atom. The molecule has 0 fully saturated rings. The van der Waals surface area contributed by atoms with E-state index in [1.807, 2.05) is 30.1 Å². The quantitative estimate of drug-likeness (QED) is 0.806. The van der Waals surface area contributed by atoms with Gasteiger partial charge < -0.3 is 4.90 Å². The van der Waals surface area contributed by atoms with Gasteiger partial charge in [0.1, 0.15) is 0 Å². The predicted molar refractivity (Wildman–Crippen MR) is 64.2 cm³/mol. The average molecular weight is 240 g/mol. The molecule has 78 valence electrons. The maximum Gasteiger partial charge on any atom is 0.187 e. The molecule has 0 unspecified atom stereocenters. The van der Waals surface area contributed by atoms with E-state index < -0.39 is 0 Å². The van der Waals surface area contributed by atoms with Crippen molar-refractivity contribution in [3.63, 3.8) is 0 Å². The van der Waals surface area contributed by atoms with E-state index >= 15 is 0 Å². The molecule has 3 nitrogen and oxygen atoms in total. The van der Waals surface area contributed by atoms with Gasteiger partial charge >= 0.3 is 0 Å². The zero-order valence-corrected chi connectivity index (χ0v) is 10.0. The van der Waals surface area contributed by atoms with Crippen molar-refractivity contribution in [3.8, 4) is 0 Å². The number of rotatable bonds is 2. The fourth-order valence-electron chi connectivity index (χ4n) is 1.43. The minimum absolute atomic E-state index is 0.450. The standard InChI is InChI=1S/C10H10ClN3S/c1-7-5-3-4-6-8(7)14(2)10-9(11)12-15-13-10/h3-6H,1-2H3. The van der Waals surface area contributed by atoms with Crippen molar-refractivity contribution >= 4 is 34.8 Å². The summed E-state index contributed by atoms with van der Waals surface area (Å²) in [7, 11) is 1.94. The summed E-state index contributed by atoms with van der Waals surface area (Å²) in [6, 6.07) is 8.09. The minimum atomic E-state index is 0.450. The zero-order valence-electron chi connectivity index (χ0n) is 8.44. The van der Waals surface area contributed by atoms with E-state index in [0.717, 1.165) is 17.4 Å². The number of halogens is 1. The van der Waals surface area contributed by atoms with Gasteiger partial charge in [0.05, 0.1) is 11.7 Å². The van der Waals surface area contributed by atoms with Crippen molar-refractivity contribution in [1.29, 1.82) is 0 Å². The second-order valence-corrected chi connectivity index (χ2v) is 4.11. The molecule has 0 saturated heterocycles. The number of nitrogens with zero attached hydrogens (tertiary/aromatic N) is 3. The fraction of sp³-hybridized carbons (Fsp3) is 0.200. The number of para-hydroxylation sites is 1. The molecule has 0 aliphatic heterocycles. The first-order chi connectivity index (χ1) is 7.20. The SMILES string of the molecule is Cc1ccccc1N(C)c1nsnc1Cl. The summed E-state index contributed by atoms with van der Waals surface area (Å²) >= 11 is 7.05. The van der Waals surface area contributed by atoms with Crippen LogP contribution in [-0.4, -0.2) is 15.8 Å². The van der Waals surface area contributed by atoms with Crippen LogP contribution in [-0.2, 0) is 0 Å². The number of hydrogen-bond acceptors (Lipinski definition) is 4. The highest BCUT2D eigenvalue weighted by Gasteiger charge is 2.13. The van der Waals surface area contributed by atoms with E-state index in [1.54, 1.807) is 0 Å². The first-order valence-electron chi connectivity index (χ1n) is 4.47. The molecule has 1 aromatic heterocycles.